The Morgan fingerprint density at radius 2 is 1.69 bits per heavy atom. The lowest BCUT2D eigenvalue weighted by Crippen LogP contribution is -2.16. The molecule has 0 amide bonds. The van der Waals surface area contributed by atoms with E-state index >= 15 is 0 Å². The second-order valence-corrected chi connectivity index (χ2v) is 3.80. The standard InChI is InChI=1S/C9H8Cl2F3N.ClH/c10-4-1-2-5(11)9(14)8(4)6(15)3-7(12)13;/h1-2,6-7H,3,15H2;1H/t6-;/m1./s1. The first-order valence-corrected chi connectivity index (χ1v) is 4.86. The molecule has 0 aliphatic carbocycles. The highest BCUT2D eigenvalue weighted by atomic mass is 35.5. The van der Waals surface area contributed by atoms with E-state index in [1.54, 1.807) is 0 Å². The van der Waals surface area contributed by atoms with E-state index in [1.807, 2.05) is 0 Å². The highest BCUT2D eigenvalue weighted by molar-refractivity contribution is 6.33. The van der Waals surface area contributed by atoms with Crippen molar-refractivity contribution in [3.05, 3.63) is 33.6 Å². The van der Waals surface area contributed by atoms with Gasteiger partial charge in [-0.05, 0) is 12.1 Å². The van der Waals surface area contributed by atoms with Crippen LogP contribution in [0.2, 0.25) is 10.0 Å². The van der Waals surface area contributed by atoms with Crippen molar-refractivity contribution in [2.45, 2.75) is 18.9 Å². The summed E-state index contributed by atoms with van der Waals surface area (Å²) in [6, 6.07) is 1.42. The van der Waals surface area contributed by atoms with Gasteiger partial charge in [0.25, 0.3) is 0 Å². The molecular weight excluding hydrogens is 285 g/mol. The second-order valence-electron chi connectivity index (χ2n) is 2.99. The molecule has 0 bridgehead atoms. The maximum Gasteiger partial charge on any atom is 0.240 e. The molecule has 0 saturated heterocycles. The molecule has 1 aromatic carbocycles. The fourth-order valence-electron chi connectivity index (χ4n) is 1.19. The van der Waals surface area contributed by atoms with Crippen LogP contribution in [-0.4, -0.2) is 6.43 Å². The van der Waals surface area contributed by atoms with Crippen LogP contribution in [0.5, 0.6) is 0 Å². The summed E-state index contributed by atoms with van der Waals surface area (Å²) >= 11 is 11.1. The van der Waals surface area contributed by atoms with Crippen LogP contribution in [0.1, 0.15) is 18.0 Å². The zero-order valence-electron chi connectivity index (χ0n) is 7.89. The first-order valence-electron chi connectivity index (χ1n) is 4.10. The molecule has 92 valence electrons. The third-order valence-electron chi connectivity index (χ3n) is 1.88. The van der Waals surface area contributed by atoms with Crippen molar-refractivity contribution in [1.82, 2.24) is 0 Å². The summed E-state index contributed by atoms with van der Waals surface area (Å²) in [5, 5.41) is -0.177. The Labute approximate surface area is 107 Å². The number of alkyl halides is 2. The highest BCUT2D eigenvalue weighted by Crippen LogP contribution is 2.31. The average Bonchev–Trinajstić information content (AvgIpc) is 2.11. The van der Waals surface area contributed by atoms with Gasteiger partial charge in [-0.3, -0.25) is 0 Å². The largest absolute Gasteiger partial charge is 0.324 e. The fraction of sp³-hybridized carbons (Fsp3) is 0.333. The van der Waals surface area contributed by atoms with E-state index in [1.165, 1.54) is 12.1 Å². The lowest BCUT2D eigenvalue weighted by molar-refractivity contribution is 0.128. The van der Waals surface area contributed by atoms with Gasteiger partial charge in [-0.2, -0.15) is 0 Å². The van der Waals surface area contributed by atoms with Gasteiger partial charge in [0.2, 0.25) is 6.43 Å². The summed E-state index contributed by atoms with van der Waals surface area (Å²) in [4.78, 5) is 0. The van der Waals surface area contributed by atoms with E-state index in [4.69, 9.17) is 28.9 Å². The van der Waals surface area contributed by atoms with Gasteiger partial charge in [0.15, 0.2) is 0 Å². The molecular formula is C9H9Cl3F3N. The second kappa shape index (κ2) is 6.55. The topological polar surface area (TPSA) is 26.0 Å². The molecule has 1 rings (SSSR count). The van der Waals surface area contributed by atoms with Crippen LogP contribution in [0.3, 0.4) is 0 Å². The van der Waals surface area contributed by atoms with Crippen molar-refractivity contribution in [2.75, 3.05) is 0 Å². The summed E-state index contributed by atoms with van der Waals surface area (Å²) < 4.78 is 37.5. The molecule has 0 spiro atoms. The van der Waals surface area contributed by atoms with Gasteiger partial charge in [0.1, 0.15) is 5.82 Å². The third kappa shape index (κ3) is 3.70. The molecule has 16 heavy (non-hydrogen) atoms. The minimum Gasteiger partial charge on any atom is -0.324 e. The molecule has 1 atom stereocenters. The van der Waals surface area contributed by atoms with Crippen molar-refractivity contribution >= 4 is 35.6 Å². The maximum absolute atomic E-state index is 13.4. The molecule has 0 aliphatic heterocycles. The molecule has 0 saturated carbocycles. The Hall–Kier alpha value is -0.160. The van der Waals surface area contributed by atoms with Gasteiger partial charge < -0.3 is 5.73 Å². The van der Waals surface area contributed by atoms with E-state index in [2.05, 4.69) is 0 Å². The Morgan fingerprint density at radius 1 is 1.19 bits per heavy atom. The molecule has 1 aromatic rings. The predicted molar refractivity (Wildman–Crippen MR) is 61.2 cm³/mol. The predicted octanol–water partition coefficient (Wildman–Crippen LogP) is 4.21. The molecule has 0 unspecified atom stereocenters. The lowest BCUT2D eigenvalue weighted by atomic mass is 10.0. The van der Waals surface area contributed by atoms with Crippen LogP contribution in [0.4, 0.5) is 13.2 Å². The van der Waals surface area contributed by atoms with Gasteiger partial charge in [0.05, 0.1) is 5.02 Å². The van der Waals surface area contributed by atoms with Crippen molar-refractivity contribution in [3.63, 3.8) is 0 Å². The summed E-state index contributed by atoms with van der Waals surface area (Å²) in [5.41, 5.74) is 5.24. The van der Waals surface area contributed by atoms with Crippen LogP contribution in [-0.2, 0) is 0 Å². The molecule has 7 heteroatoms. The Balaban J connectivity index is 0.00000225. The van der Waals surface area contributed by atoms with Crippen molar-refractivity contribution in [3.8, 4) is 0 Å². The quantitative estimate of drug-likeness (QED) is 0.830. The normalized spacial score (nSPS) is 12.4. The monoisotopic (exact) mass is 293 g/mol. The van der Waals surface area contributed by atoms with Gasteiger partial charge in [0, 0.05) is 23.0 Å². The lowest BCUT2D eigenvalue weighted by Gasteiger charge is -2.14. The number of halogens is 6. The fourth-order valence-corrected chi connectivity index (χ4v) is 1.64. The Bertz CT molecular complexity index is 360. The first-order chi connectivity index (χ1) is 6.93. The number of nitrogens with two attached hydrogens (primary N) is 1. The minimum absolute atomic E-state index is 0. The SMILES string of the molecule is Cl.N[C@H](CC(F)F)c1c(Cl)ccc(Cl)c1F. The van der Waals surface area contributed by atoms with Crippen LogP contribution >= 0.6 is 35.6 Å². The number of hydrogen-bond donors (Lipinski definition) is 1. The summed E-state index contributed by atoms with van der Waals surface area (Å²) in [7, 11) is 0. The minimum atomic E-state index is -2.62. The van der Waals surface area contributed by atoms with Gasteiger partial charge >= 0.3 is 0 Å². The molecule has 0 radical (unpaired) electrons. The van der Waals surface area contributed by atoms with Crippen molar-refractivity contribution in [1.29, 1.82) is 0 Å². The zero-order valence-corrected chi connectivity index (χ0v) is 10.2. The number of rotatable bonds is 3. The zero-order chi connectivity index (χ0) is 11.6. The van der Waals surface area contributed by atoms with Crippen LogP contribution < -0.4 is 5.73 Å². The molecule has 0 aliphatic rings. The van der Waals surface area contributed by atoms with Crippen LogP contribution in [0, 0.1) is 5.82 Å². The molecule has 1 nitrogen and oxygen atoms in total. The maximum atomic E-state index is 13.4. The number of hydrogen-bond acceptors (Lipinski definition) is 1. The van der Waals surface area contributed by atoms with E-state index in [0.717, 1.165) is 0 Å². The highest BCUT2D eigenvalue weighted by Gasteiger charge is 2.21. The first kappa shape index (κ1) is 15.8. The van der Waals surface area contributed by atoms with Crippen molar-refractivity contribution in [2.24, 2.45) is 5.73 Å². The Morgan fingerprint density at radius 3 is 2.19 bits per heavy atom. The smallest absolute Gasteiger partial charge is 0.240 e. The summed E-state index contributed by atoms with van der Waals surface area (Å²) in [6.45, 7) is 0. The molecule has 0 fully saturated rings. The van der Waals surface area contributed by atoms with E-state index in [-0.39, 0.29) is 28.0 Å². The van der Waals surface area contributed by atoms with E-state index in [9.17, 15) is 13.2 Å². The van der Waals surface area contributed by atoms with Crippen molar-refractivity contribution < 1.29 is 13.2 Å². The van der Waals surface area contributed by atoms with E-state index < -0.39 is 24.7 Å². The summed E-state index contributed by atoms with van der Waals surface area (Å²) in [5.74, 6) is -0.836. The molecule has 0 heterocycles. The van der Waals surface area contributed by atoms with Gasteiger partial charge in [-0.15, -0.1) is 12.4 Å². The molecule has 2 N–H and O–H groups in total. The van der Waals surface area contributed by atoms with Gasteiger partial charge in [-0.25, -0.2) is 13.2 Å². The van der Waals surface area contributed by atoms with Crippen LogP contribution in [0.25, 0.3) is 0 Å². The summed E-state index contributed by atoms with van der Waals surface area (Å²) in [6.07, 6.45) is -3.27. The van der Waals surface area contributed by atoms with Gasteiger partial charge in [-0.1, -0.05) is 23.2 Å². The Kier molecular flexibility index (Phi) is 6.48. The average molecular weight is 295 g/mol. The third-order valence-corrected chi connectivity index (χ3v) is 2.50. The van der Waals surface area contributed by atoms with Crippen LogP contribution in [0.15, 0.2) is 12.1 Å². The number of benzene rings is 1. The molecule has 0 aromatic heterocycles. The van der Waals surface area contributed by atoms with E-state index in [0.29, 0.717) is 0 Å².